The van der Waals surface area contributed by atoms with Crippen molar-refractivity contribution in [3.05, 3.63) is 28.0 Å². The number of hydrogen-bond acceptors (Lipinski definition) is 3. The molecular formula is C15H15BrClN3. The molecule has 0 atom stereocenters. The molecule has 4 rings (SSSR count). The fourth-order valence-corrected chi connectivity index (χ4v) is 3.99. The molecule has 0 radical (unpaired) electrons. The maximum Gasteiger partial charge on any atom is 0.161 e. The smallest absolute Gasteiger partial charge is 0.161 e. The number of piperidine rings is 1. The number of halogens is 2. The van der Waals surface area contributed by atoms with Gasteiger partial charge in [-0.05, 0) is 43.2 Å². The zero-order valence-electron chi connectivity index (χ0n) is 11.1. The third kappa shape index (κ3) is 2.09. The summed E-state index contributed by atoms with van der Waals surface area (Å²) in [5, 5.41) is 10.5. The Hall–Kier alpha value is -0.870. The second kappa shape index (κ2) is 4.57. The van der Waals surface area contributed by atoms with E-state index in [0.717, 1.165) is 28.3 Å². The number of benzene rings is 1. The Morgan fingerprint density at radius 1 is 1.15 bits per heavy atom. The van der Waals surface area contributed by atoms with Crippen LogP contribution in [0.4, 0.5) is 5.69 Å². The summed E-state index contributed by atoms with van der Waals surface area (Å²) in [4.78, 5) is 2.45. The van der Waals surface area contributed by atoms with Gasteiger partial charge in [0.1, 0.15) is 0 Å². The molecule has 1 aliphatic heterocycles. The molecule has 2 aliphatic rings. The van der Waals surface area contributed by atoms with Crippen molar-refractivity contribution >= 4 is 44.0 Å². The first-order valence-electron chi connectivity index (χ1n) is 7.02. The first-order valence-corrected chi connectivity index (χ1v) is 8.19. The van der Waals surface area contributed by atoms with E-state index >= 15 is 0 Å². The van der Waals surface area contributed by atoms with Crippen LogP contribution in [-0.2, 0) is 0 Å². The monoisotopic (exact) mass is 351 g/mol. The molecule has 0 unspecified atom stereocenters. The van der Waals surface area contributed by atoms with E-state index in [4.69, 9.17) is 11.6 Å². The molecule has 1 aromatic carbocycles. The molecule has 5 heteroatoms. The van der Waals surface area contributed by atoms with E-state index in [1.165, 1.54) is 31.4 Å². The number of nitrogens with zero attached hydrogens (tertiary/aromatic N) is 3. The summed E-state index contributed by atoms with van der Waals surface area (Å²) >= 11 is 9.88. The number of anilines is 1. The molecule has 1 spiro atoms. The van der Waals surface area contributed by atoms with Gasteiger partial charge in [0.05, 0.1) is 6.20 Å². The molecule has 3 nitrogen and oxygen atoms in total. The molecule has 0 bridgehead atoms. The fraction of sp³-hybridized carbons (Fsp3) is 0.467. The second-order valence-electron chi connectivity index (χ2n) is 6.01. The van der Waals surface area contributed by atoms with Crippen LogP contribution in [0, 0.1) is 5.41 Å². The van der Waals surface area contributed by atoms with Gasteiger partial charge < -0.3 is 4.90 Å². The third-order valence-electron chi connectivity index (χ3n) is 4.78. The normalized spacial score (nSPS) is 20.6. The fourth-order valence-electron chi connectivity index (χ4n) is 3.28. The summed E-state index contributed by atoms with van der Waals surface area (Å²) in [6, 6.07) is 4.20. The molecular weight excluding hydrogens is 338 g/mol. The summed E-state index contributed by atoms with van der Waals surface area (Å²) in [5.74, 6) is 0. The second-order valence-corrected chi connectivity index (χ2v) is 7.29. The van der Waals surface area contributed by atoms with E-state index in [2.05, 4.69) is 37.1 Å². The van der Waals surface area contributed by atoms with Crippen LogP contribution < -0.4 is 4.90 Å². The van der Waals surface area contributed by atoms with Gasteiger partial charge in [0.25, 0.3) is 0 Å². The van der Waals surface area contributed by atoms with Gasteiger partial charge in [-0.25, -0.2) is 0 Å². The van der Waals surface area contributed by atoms with Gasteiger partial charge in [-0.2, -0.15) is 5.10 Å². The van der Waals surface area contributed by atoms with Gasteiger partial charge in [0.2, 0.25) is 0 Å². The molecule has 2 heterocycles. The first-order chi connectivity index (χ1) is 9.67. The van der Waals surface area contributed by atoms with E-state index < -0.39 is 0 Å². The Morgan fingerprint density at radius 2 is 1.90 bits per heavy atom. The highest BCUT2D eigenvalue weighted by Crippen LogP contribution is 2.54. The van der Waals surface area contributed by atoms with Crippen molar-refractivity contribution in [2.24, 2.45) is 5.41 Å². The zero-order valence-corrected chi connectivity index (χ0v) is 13.4. The van der Waals surface area contributed by atoms with Crippen molar-refractivity contribution in [3.8, 4) is 0 Å². The summed E-state index contributed by atoms with van der Waals surface area (Å²) in [6.45, 7) is 2.23. The first kappa shape index (κ1) is 12.8. The lowest BCUT2D eigenvalue weighted by molar-refractivity contribution is 0.385. The number of hydrogen-bond donors (Lipinski definition) is 0. The van der Waals surface area contributed by atoms with E-state index in [1.54, 1.807) is 6.20 Å². The van der Waals surface area contributed by atoms with Crippen LogP contribution in [0.3, 0.4) is 0 Å². The lowest BCUT2D eigenvalue weighted by atomic mass is 9.93. The van der Waals surface area contributed by atoms with Gasteiger partial charge in [0, 0.05) is 34.0 Å². The van der Waals surface area contributed by atoms with E-state index in [1.807, 2.05) is 6.07 Å². The van der Waals surface area contributed by atoms with Crippen LogP contribution >= 0.6 is 27.5 Å². The largest absolute Gasteiger partial charge is 0.371 e. The summed E-state index contributed by atoms with van der Waals surface area (Å²) in [7, 11) is 0. The number of rotatable bonds is 1. The van der Waals surface area contributed by atoms with E-state index in [0.29, 0.717) is 10.6 Å². The summed E-state index contributed by atoms with van der Waals surface area (Å²) in [6.07, 6.45) is 7.23. The molecule has 0 amide bonds. The molecule has 1 aliphatic carbocycles. The third-order valence-corrected chi connectivity index (χ3v) is 5.51. The average Bonchev–Trinajstić information content (AvgIpc) is 3.18. The molecule has 20 heavy (non-hydrogen) atoms. The molecule has 1 saturated heterocycles. The standard InChI is InChI=1S/C15H15BrClN3/c16-11-7-10-9-18-19-14(17)13(10)12(8-11)20-5-3-15(1-2-15)4-6-20/h7-9H,1-6H2. The quantitative estimate of drug-likeness (QED) is 0.760. The minimum Gasteiger partial charge on any atom is -0.371 e. The highest BCUT2D eigenvalue weighted by atomic mass is 79.9. The van der Waals surface area contributed by atoms with Crippen LogP contribution in [0.2, 0.25) is 5.15 Å². The van der Waals surface area contributed by atoms with Gasteiger partial charge in [-0.1, -0.05) is 27.5 Å². The molecule has 0 N–H and O–H groups in total. The van der Waals surface area contributed by atoms with E-state index in [-0.39, 0.29) is 0 Å². The van der Waals surface area contributed by atoms with Crippen molar-refractivity contribution in [1.29, 1.82) is 0 Å². The number of aromatic nitrogens is 2. The lowest BCUT2D eigenvalue weighted by Crippen LogP contribution is -2.34. The van der Waals surface area contributed by atoms with Gasteiger partial charge >= 0.3 is 0 Å². The van der Waals surface area contributed by atoms with Gasteiger partial charge in [-0.3, -0.25) is 0 Å². The minimum atomic E-state index is 0.497. The Bertz CT molecular complexity index is 674. The van der Waals surface area contributed by atoms with Crippen molar-refractivity contribution < 1.29 is 0 Å². The van der Waals surface area contributed by atoms with Crippen molar-refractivity contribution in [2.45, 2.75) is 25.7 Å². The molecule has 2 fully saturated rings. The van der Waals surface area contributed by atoms with Crippen LogP contribution in [0.5, 0.6) is 0 Å². The molecule has 2 aromatic rings. The van der Waals surface area contributed by atoms with Crippen LogP contribution in [0.25, 0.3) is 10.8 Å². The van der Waals surface area contributed by atoms with Gasteiger partial charge in [-0.15, -0.1) is 5.10 Å². The maximum atomic E-state index is 6.29. The summed E-state index contributed by atoms with van der Waals surface area (Å²) < 4.78 is 1.07. The summed E-state index contributed by atoms with van der Waals surface area (Å²) in [5.41, 5.74) is 1.87. The van der Waals surface area contributed by atoms with Gasteiger partial charge in [0.15, 0.2) is 5.15 Å². The van der Waals surface area contributed by atoms with Crippen molar-refractivity contribution in [1.82, 2.24) is 10.2 Å². The SMILES string of the molecule is Clc1nncc2cc(Br)cc(N3CCC4(CC3)CC4)c12. The Morgan fingerprint density at radius 3 is 2.60 bits per heavy atom. The zero-order chi connectivity index (χ0) is 13.7. The Kier molecular flexibility index (Phi) is 2.93. The predicted molar refractivity (Wildman–Crippen MR) is 85.4 cm³/mol. The Labute approximate surface area is 131 Å². The minimum absolute atomic E-state index is 0.497. The van der Waals surface area contributed by atoms with Crippen molar-refractivity contribution in [3.63, 3.8) is 0 Å². The van der Waals surface area contributed by atoms with Crippen LogP contribution in [0.1, 0.15) is 25.7 Å². The van der Waals surface area contributed by atoms with Crippen molar-refractivity contribution in [2.75, 3.05) is 18.0 Å². The highest BCUT2D eigenvalue weighted by Gasteiger charge is 2.44. The topological polar surface area (TPSA) is 29.0 Å². The molecule has 104 valence electrons. The van der Waals surface area contributed by atoms with Crippen LogP contribution in [-0.4, -0.2) is 23.3 Å². The maximum absolute atomic E-state index is 6.29. The lowest BCUT2D eigenvalue weighted by Gasteiger charge is -2.34. The number of fused-ring (bicyclic) bond motifs is 1. The molecule has 1 aromatic heterocycles. The van der Waals surface area contributed by atoms with Crippen LogP contribution in [0.15, 0.2) is 22.8 Å². The Balaban J connectivity index is 1.78. The predicted octanol–water partition coefficient (Wildman–Crippen LogP) is 4.43. The molecule has 1 saturated carbocycles. The highest BCUT2D eigenvalue weighted by molar-refractivity contribution is 9.10. The van der Waals surface area contributed by atoms with E-state index in [9.17, 15) is 0 Å². The average molecular weight is 353 g/mol.